The summed E-state index contributed by atoms with van der Waals surface area (Å²) in [6.45, 7) is 3.21. The topological polar surface area (TPSA) is 24.9 Å². The van der Waals surface area contributed by atoms with Crippen LogP contribution in [0.5, 0.6) is 0 Å². The van der Waals surface area contributed by atoms with Gasteiger partial charge in [-0.25, -0.2) is 4.98 Å². The van der Waals surface area contributed by atoms with Gasteiger partial charge in [0, 0.05) is 0 Å². The molecular formula is C18H20N2S. The van der Waals surface area contributed by atoms with Crippen molar-refractivity contribution in [1.29, 1.82) is 0 Å². The molecule has 21 heavy (non-hydrogen) atoms. The number of rotatable bonds is 6. The molecule has 0 aliphatic heterocycles. The first-order valence-electron chi connectivity index (χ1n) is 7.46. The molecule has 0 fully saturated rings. The summed E-state index contributed by atoms with van der Waals surface area (Å²) in [5.41, 5.74) is 2.52. The van der Waals surface area contributed by atoms with E-state index in [0.29, 0.717) is 6.04 Å². The Bertz CT molecular complexity index is 658. The average molecular weight is 296 g/mol. The SMILES string of the molecule is CC(NCCCc1ccccc1)c1nc2ccccc2s1. The fourth-order valence-electron chi connectivity index (χ4n) is 2.42. The summed E-state index contributed by atoms with van der Waals surface area (Å²) in [7, 11) is 0. The van der Waals surface area contributed by atoms with Crippen LogP contribution in [0, 0.1) is 0 Å². The van der Waals surface area contributed by atoms with Crippen molar-refractivity contribution in [1.82, 2.24) is 10.3 Å². The van der Waals surface area contributed by atoms with Gasteiger partial charge in [0.05, 0.1) is 16.3 Å². The summed E-state index contributed by atoms with van der Waals surface area (Å²) in [5.74, 6) is 0. The number of aromatic nitrogens is 1. The quantitative estimate of drug-likeness (QED) is 0.673. The Balaban J connectivity index is 1.51. The maximum Gasteiger partial charge on any atom is 0.111 e. The highest BCUT2D eigenvalue weighted by atomic mass is 32.1. The molecule has 108 valence electrons. The number of nitrogens with one attached hydrogen (secondary N) is 1. The van der Waals surface area contributed by atoms with E-state index in [9.17, 15) is 0 Å². The molecule has 0 bridgehead atoms. The summed E-state index contributed by atoms with van der Waals surface area (Å²) in [6.07, 6.45) is 2.28. The van der Waals surface area contributed by atoms with Crippen LogP contribution in [0.25, 0.3) is 10.2 Å². The molecule has 1 N–H and O–H groups in total. The average Bonchev–Trinajstić information content (AvgIpc) is 2.96. The van der Waals surface area contributed by atoms with Crippen molar-refractivity contribution in [2.45, 2.75) is 25.8 Å². The second kappa shape index (κ2) is 6.83. The predicted molar refractivity (Wildman–Crippen MR) is 90.8 cm³/mol. The first-order chi connectivity index (χ1) is 10.3. The molecule has 0 amide bonds. The van der Waals surface area contributed by atoms with E-state index in [1.165, 1.54) is 15.3 Å². The van der Waals surface area contributed by atoms with Gasteiger partial charge in [0.2, 0.25) is 0 Å². The number of nitrogens with zero attached hydrogens (tertiary/aromatic N) is 1. The van der Waals surface area contributed by atoms with Gasteiger partial charge in [0.25, 0.3) is 0 Å². The largest absolute Gasteiger partial charge is 0.308 e. The van der Waals surface area contributed by atoms with Crippen LogP contribution in [-0.2, 0) is 6.42 Å². The molecule has 0 aliphatic rings. The summed E-state index contributed by atoms with van der Waals surface area (Å²) >= 11 is 1.79. The molecule has 1 unspecified atom stereocenters. The molecule has 1 aromatic heterocycles. The summed E-state index contributed by atoms with van der Waals surface area (Å²) < 4.78 is 1.27. The van der Waals surface area contributed by atoms with E-state index in [1.807, 2.05) is 6.07 Å². The zero-order valence-electron chi connectivity index (χ0n) is 12.3. The van der Waals surface area contributed by atoms with Crippen molar-refractivity contribution in [3.05, 3.63) is 65.2 Å². The van der Waals surface area contributed by atoms with E-state index in [-0.39, 0.29) is 0 Å². The van der Waals surface area contributed by atoms with Gasteiger partial charge >= 0.3 is 0 Å². The Morgan fingerprint density at radius 1 is 1.05 bits per heavy atom. The smallest absolute Gasteiger partial charge is 0.111 e. The Hall–Kier alpha value is -1.71. The minimum atomic E-state index is 0.318. The van der Waals surface area contributed by atoms with E-state index in [1.54, 1.807) is 11.3 Å². The Morgan fingerprint density at radius 2 is 1.81 bits per heavy atom. The van der Waals surface area contributed by atoms with Crippen LogP contribution in [0.2, 0.25) is 0 Å². The minimum absolute atomic E-state index is 0.318. The third-order valence-corrected chi connectivity index (χ3v) is 4.84. The number of benzene rings is 2. The molecule has 3 rings (SSSR count). The highest BCUT2D eigenvalue weighted by molar-refractivity contribution is 7.18. The van der Waals surface area contributed by atoms with Gasteiger partial charge in [-0.1, -0.05) is 42.5 Å². The minimum Gasteiger partial charge on any atom is -0.308 e. The van der Waals surface area contributed by atoms with Crippen molar-refractivity contribution in [2.75, 3.05) is 6.54 Å². The van der Waals surface area contributed by atoms with Gasteiger partial charge in [0.1, 0.15) is 5.01 Å². The third-order valence-electron chi connectivity index (χ3n) is 3.62. The number of aryl methyl sites for hydroxylation is 1. The predicted octanol–water partition coefficient (Wildman–Crippen LogP) is 4.58. The molecular weight excluding hydrogens is 276 g/mol. The monoisotopic (exact) mass is 296 g/mol. The molecule has 3 aromatic rings. The fraction of sp³-hybridized carbons (Fsp3) is 0.278. The maximum atomic E-state index is 4.71. The van der Waals surface area contributed by atoms with E-state index in [4.69, 9.17) is 4.98 Å². The van der Waals surface area contributed by atoms with Crippen LogP contribution in [-0.4, -0.2) is 11.5 Å². The van der Waals surface area contributed by atoms with E-state index in [0.717, 1.165) is 24.9 Å². The molecule has 1 atom stereocenters. The van der Waals surface area contributed by atoms with Gasteiger partial charge in [-0.05, 0) is 44.0 Å². The molecule has 2 aromatic carbocycles. The van der Waals surface area contributed by atoms with Gasteiger partial charge in [-0.3, -0.25) is 0 Å². The second-order valence-electron chi connectivity index (χ2n) is 5.28. The van der Waals surface area contributed by atoms with Crippen molar-refractivity contribution < 1.29 is 0 Å². The molecule has 0 radical (unpaired) electrons. The van der Waals surface area contributed by atoms with Crippen LogP contribution in [0.1, 0.15) is 30.0 Å². The molecule has 3 heteroatoms. The molecule has 1 heterocycles. The fourth-order valence-corrected chi connectivity index (χ4v) is 3.41. The van der Waals surface area contributed by atoms with Crippen LogP contribution in [0.15, 0.2) is 54.6 Å². The lowest BCUT2D eigenvalue weighted by Gasteiger charge is -2.10. The van der Waals surface area contributed by atoms with Crippen LogP contribution < -0.4 is 5.32 Å². The number of fused-ring (bicyclic) bond motifs is 1. The lowest BCUT2D eigenvalue weighted by Crippen LogP contribution is -2.20. The summed E-state index contributed by atoms with van der Waals surface area (Å²) in [4.78, 5) is 4.71. The molecule has 0 spiro atoms. The normalized spacial score (nSPS) is 12.6. The Labute approximate surface area is 129 Å². The first kappa shape index (κ1) is 14.2. The van der Waals surface area contributed by atoms with Gasteiger partial charge in [0.15, 0.2) is 0 Å². The second-order valence-corrected chi connectivity index (χ2v) is 6.35. The molecule has 0 saturated heterocycles. The highest BCUT2D eigenvalue weighted by Crippen LogP contribution is 2.25. The summed E-state index contributed by atoms with van der Waals surface area (Å²) in [5, 5.41) is 4.75. The van der Waals surface area contributed by atoms with Gasteiger partial charge < -0.3 is 5.32 Å². The van der Waals surface area contributed by atoms with E-state index < -0.39 is 0 Å². The number of para-hydroxylation sites is 1. The maximum absolute atomic E-state index is 4.71. The Kier molecular flexibility index (Phi) is 4.63. The number of hydrogen-bond acceptors (Lipinski definition) is 3. The van der Waals surface area contributed by atoms with Crippen LogP contribution in [0.3, 0.4) is 0 Å². The van der Waals surface area contributed by atoms with Crippen molar-refractivity contribution in [3.8, 4) is 0 Å². The van der Waals surface area contributed by atoms with Crippen molar-refractivity contribution in [3.63, 3.8) is 0 Å². The van der Waals surface area contributed by atoms with E-state index in [2.05, 4.69) is 60.8 Å². The van der Waals surface area contributed by atoms with Gasteiger partial charge in [-0.2, -0.15) is 0 Å². The van der Waals surface area contributed by atoms with Crippen LogP contribution in [0.4, 0.5) is 0 Å². The third kappa shape index (κ3) is 3.69. The van der Waals surface area contributed by atoms with Gasteiger partial charge in [-0.15, -0.1) is 11.3 Å². The number of hydrogen-bond donors (Lipinski definition) is 1. The van der Waals surface area contributed by atoms with Crippen molar-refractivity contribution in [2.24, 2.45) is 0 Å². The molecule has 0 aliphatic carbocycles. The lowest BCUT2D eigenvalue weighted by molar-refractivity contribution is 0.557. The lowest BCUT2D eigenvalue weighted by atomic mass is 10.1. The Morgan fingerprint density at radius 3 is 2.62 bits per heavy atom. The molecule has 2 nitrogen and oxygen atoms in total. The zero-order chi connectivity index (χ0) is 14.5. The first-order valence-corrected chi connectivity index (χ1v) is 8.27. The zero-order valence-corrected chi connectivity index (χ0v) is 13.1. The van der Waals surface area contributed by atoms with E-state index >= 15 is 0 Å². The summed E-state index contributed by atoms with van der Waals surface area (Å²) in [6, 6.07) is 19.3. The molecule has 0 saturated carbocycles. The number of thiazole rings is 1. The highest BCUT2D eigenvalue weighted by Gasteiger charge is 2.10. The van der Waals surface area contributed by atoms with Crippen LogP contribution >= 0.6 is 11.3 Å². The standard InChI is InChI=1S/C18H20N2S/c1-14(18-20-16-11-5-6-12-17(16)21-18)19-13-7-10-15-8-3-2-4-9-15/h2-6,8-9,11-12,14,19H,7,10,13H2,1H3. The van der Waals surface area contributed by atoms with Crippen molar-refractivity contribution >= 4 is 21.6 Å².